The molecular weight excluding hydrogens is 382 g/mol. The Balaban J connectivity index is 1.87. The first-order valence-corrected chi connectivity index (χ1v) is 11.4. The molecule has 0 aliphatic heterocycles. The van der Waals surface area contributed by atoms with Gasteiger partial charge in [0.15, 0.2) is 5.78 Å². The number of carbonyl (C=O) groups excluding carboxylic acids is 1. The highest BCUT2D eigenvalue weighted by Gasteiger charge is 2.34. The highest BCUT2D eigenvalue weighted by molar-refractivity contribution is 7.89. The fourth-order valence-electron chi connectivity index (χ4n) is 3.78. The lowest BCUT2D eigenvalue weighted by Gasteiger charge is -2.35. The molecule has 2 aromatic rings. The summed E-state index contributed by atoms with van der Waals surface area (Å²) in [4.78, 5) is 12.1. The van der Waals surface area contributed by atoms with Crippen LogP contribution in [0, 0.1) is 20.8 Å². The van der Waals surface area contributed by atoms with E-state index in [0.29, 0.717) is 30.7 Å². The minimum absolute atomic E-state index is 0.130. The van der Waals surface area contributed by atoms with Gasteiger partial charge in [-0.1, -0.05) is 42.0 Å². The molecule has 1 aliphatic rings. The van der Waals surface area contributed by atoms with Gasteiger partial charge in [-0.2, -0.15) is 0 Å². The van der Waals surface area contributed by atoms with Crippen molar-refractivity contribution in [3.63, 3.8) is 0 Å². The van der Waals surface area contributed by atoms with Crippen molar-refractivity contribution in [2.45, 2.75) is 50.3 Å². The Morgan fingerprint density at radius 2 is 1.69 bits per heavy atom. The maximum atomic E-state index is 13.0. The Kier molecular flexibility index (Phi) is 6.11. The van der Waals surface area contributed by atoms with Crippen molar-refractivity contribution in [1.29, 1.82) is 0 Å². The summed E-state index contributed by atoms with van der Waals surface area (Å²) in [5.41, 5.74) is 4.26. The molecule has 1 aliphatic carbocycles. The smallest absolute Gasteiger partial charge is 0.242 e. The van der Waals surface area contributed by atoms with Crippen molar-refractivity contribution >= 4 is 15.8 Å². The van der Waals surface area contributed by atoms with Crippen molar-refractivity contribution < 1.29 is 13.2 Å². The zero-order chi connectivity index (χ0) is 21.2. The van der Waals surface area contributed by atoms with Crippen molar-refractivity contribution in [2.75, 3.05) is 13.6 Å². The van der Waals surface area contributed by atoms with Crippen molar-refractivity contribution in [2.24, 2.45) is 0 Å². The third-order valence-corrected chi connectivity index (χ3v) is 7.96. The van der Waals surface area contributed by atoms with Crippen molar-refractivity contribution in [1.82, 2.24) is 4.31 Å². The normalized spacial score (nSPS) is 19.7. The number of rotatable bonds is 6. The van der Waals surface area contributed by atoms with Crippen LogP contribution in [0.3, 0.4) is 0 Å². The molecule has 0 aromatic heterocycles. The molecule has 1 atom stereocenters. The van der Waals surface area contributed by atoms with E-state index in [1.807, 2.05) is 25.1 Å². The zero-order valence-corrected chi connectivity index (χ0v) is 18.4. The van der Waals surface area contributed by atoms with Crippen LogP contribution >= 0.6 is 0 Å². The lowest BCUT2D eigenvalue weighted by Crippen LogP contribution is -2.35. The molecule has 29 heavy (non-hydrogen) atoms. The van der Waals surface area contributed by atoms with Gasteiger partial charge in [0.25, 0.3) is 0 Å². The number of sulfonamides is 1. The van der Waals surface area contributed by atoms with E-state index in [2.05, 4.69) is 32.0 Å². The van der Waals surface area contributed by atoms with E-state index in [9.17, 15) is 13.2 Å². The Bertz CT molecular complexity index is 1040. The van der Waals surface area contributed by atoms with Gasteiger partial charge < -0.3 is 0 Å². The van der Waals surface area contributed by atoms with Gasteiger partial charge in [0.1, 0.15) is 0 Å². The standard InChI is InChI=1S/C24H29NO3S/c1-18-5-9-23(10-6-18)29(27,28)25(4)16-15-24(13-11-22(26)12-14-24)21-8-7-19(2)20(3)17-21/h5-11,13,17H,12,14-16H2,1-4H3. The van der Waals surface area contributed by atoms with E-state index < -0.39 is 10.0 Å². The van der Waals surface area contributed by atoms with Crippen LogP contribution < -0.4 is 0 Å². The van der Waals surface area contributed by atoms with Gasteiger partial charge in [-0.25, -0.2) is 12.7 Å². The Hall–Kier alpha value is -2.24. The van der Waals surface area contributed by atoms with E-state index >= 15 is 0 Å². The molecule has 2 aromatic carbocycles. The number of nitrogens with zero attached hydrogens (tertiary/aromatic N) is 1. The first-order valence-electron chi connectivity index (χ1n) is 9.97. The third kappa shape index (κ3) is 4.51. The molecular formula is C24H29NO3S. The summed E-state index contributed by atoms with van der Waals surface area (Å²) in [5.74, 6) is 0.130. The number of ketones is 1. The van der Waals surface area contributed by atoms with Crippen LogP contribution in [0.1, 0.15) is 41.5 Å². The summed E-state index contributed by atoms with van der Waals surface area (Å²) in [6, 6.07) is 13.3. The minimum Gasteiger partial charge on any atom is -0.295 e. The van der Waals surface area contributed by atoms with E-state index in [4.69, 9.17) is 0 Å². The molecule has 5 heteroatoms. The maximum Gasteiger partial charge on any atom is 0.242 e. The highest BCUT2D eigenvalue weighted by atomic mass is 32.2. The van der Waals surface area contributed by atoms with Crippen LogP contribution in [-0.4, -0.2) is 32.1 Å². The van der Waals surface area contributed by atoms with Crippen LogP contribution in [0.2, 0.25) is 0 Å². The average molecular weight is 412 g/mol. The molecule has 4 nitrogen and oxygen atoms in total. The minimum atomic E-state index is -3.55. The van der Waals surface area contributed by atoms with E-state index in [1.165, 1.54) is 15.4 Å². The number of hydrogen-bond donors (Lipinski definition) is 0. The van der Waals surface area contributed by atoms with Crippen molar-refractivity contribution in [3.05, 3.63) is 76.9 Å². The summed E-state index contributed by atoms with van der Waals surface area (Å²) in [6.07, 6.45) is 5.45. The van der Waals surface area contributed by atoms with Crippen LogP contribution in [0.15, 0.2) is 59.5 Å². The molecule has 0 amide bonds. The Labute approximate surface area is 174 Å². The van der Waals surface area contributed by atoms with E-state index in [0.717, 1.165) is 11.1 Å². The molecule has 1 unspecified atom stereocenters. The third-order valence-electron chi connectivity index (χ3n) is 6.09. The van der Waals surface area contributed by atoms with Gasteiger partial charge in [0.05, 0.1) is 4.90 Å². The lowest BCUT2D eigenvalue weighted by molar-refractivity contribution is -0.115. The first kappa shape index (κ1) is 21.5. The molecule has 154 valence electrons. The number of benzene rings is 2. The fraction of sp³-hybridized carbons (Fsp3) is 0.375. The predicted molar refractivity (Wildman–Crippen MR) is 117 cm³/mol. The monoisotopic (exact) mass is 411 g/mol. The van der Waals surface area contributed by atoms with Crippen LogP contribution in [0.5, 0.6) is 0 Å². The van der Waals surface area contributed by atoms with Crippen LogP contribution in [-0.2, 0) is 20.2 Å². The van der Waals surface area contributed by atoms with Crippen LogP contribution in [0.25, 0.3) is 0 Å². The molecule has 0 spiro atoms. The van der Waals surface area contributed by atoms with Gasteiger partial charge in [0.2, 0.25) is 10.0 Å². The fourth-order valence-corrected chi connectivity index (χ4v) is 4.95. The molecule has 3 rings (SSSR count). The van der Waals surface area contributed by atoms with Gasteiger partial charge in [-0.05, 0) is 68.5 Å². The summed E-state index contributed by atoms with van der Waals surface area (Å²) in [7, 11) is -1.92. The SMILES string of the molecule is Cc1ccc(S(=O)(=O)N(C)CCC2(c3ccc(C)c(C)c3)C=CC(=O)CC2)cc1. The summed E-state index contributed by atoms with van der Waals surface area (Å²) >= 11 is 0. The van der Waals surface area contributed by atoms with E-state index in [1.54, 1.807) is 25.3 Å². The molecule has 0 fully saturated rings. The van der Waals surface area contributed by atoms with Gasteiger partial charge >= 0.3 is 0 Å². The second-order valence-electron chi connectivity index (χ2n) is 8.14. The zero-order valence-electron chi connectivity index (χ0n) is 17.6. The summed E-state index contributed by atoms with van der Waals surface area (Å²) in [6.45, 7) is 6.47. The van der Waals surface area contributed by atoms with Crippen LogP contribution in [0.4, 0.5) is 0 Å². The molecule has 0 N–H and O–H groups in total. The number of hydrogen-bond acceptors (Lipinski definition) is 3. The predicted octanol–water partition coefficient (Wildman–Crippen LogP) is 4.48. The highest BCUT2D eigenvalue weighted by Crippen LogP contribution is 2.38. The van der Waals surface area contributed by atoms with Crippen molar-refractivity contribution in [3.8, 4) is 0 Å². The molecule has 0 saturated heterocycles. The molecule has 0 radical (unpaired) electrons. The first-order chi connectivity index (χ1) is 13.6. The summed E-state index contributed by atoms with van der Waals surface area (Å²) in [5, 5.41) is 0. The quantitative estimate of drug-likeness (QED) is 0.704. The topological polar surface area (TPSA) is 54.5 Å². The Morgan fingerprint density at radius 3 is 2.28 bits per heavy atom. The molecule has 0 saturated carbocycles. The van der Waals surface area contributed by atoms with Gasteiger partial charge in [-0.15, -0.1) is 0 Å². The Morgan fingerprint density at radius 1 is 1.00 bits per heavy atom. The van der Waals surface area contributed by atoms with Gasteiger partial charge in [0, 0.05) is 25.4 Å². The number of aryl methyl sites for hydroxylation is 3. The lowest BCUT2D eigenvalue weighted by atomic mass is 9.70. The van der Waals surface area contributed by atoms with E-state index in [-0.39, 0.29) is 11.2 Å². The average Bonchev–Trinajstić information content (AvgIpc) is 2.70. The maximum absolute atomic E-state index is 13.0. The molecule has 0 bridgehead atoms. The number of allylic oxidation sites excluding steroid dienone is 2. The second kappa shape index (κ2) is 8.25. The second-order valence-corrected chi connectivity index (χ2v) is 10.2. The molecule has 0 heterocycles. The number of carbonyl (C=O) groups is 1. The van der Waals surface area contributed by atoms with Gasteiger partial charge in [-0.3, -0.25) is 4.79 Å². The largest absolute Gasteiger partial charge is 0.295 e. The summed E-state index contributed by atoms with van der Waals surface area (Å²) < 4.78 is 27.3.